The average molecular weight is 452 g/mol. The molecule has 0 spiro atoms. The summed E-state index contributed by atoms with van der Waals surface area (Å²) in [6.07, 6.45) is 2.65. The molecule has 32 heavy (non-hydrogen) atoms. The lowest BCUT2D eigenvalue weighted by Crippen LogP contribution is -2.25. The molecule has 2 aromatic heterocycles. The Bertz CT molecular complexity index is 1240. The molecule has 0 unspecified atom stereocenters. The Balaban J connectivity index is 1.43. The number of carbonyl (C=O) groups excluding carboxylic acids is 1. The van der Waals surface area contributed by atoms with Crippen LogP contribution in [-0.2, 0) is 6.42 Å². The van der Waals surface area contributed by atoms with Crippen LogP contribution in [0.5, 0.6) is 17.2 Å². The van der Waals surface area contributed by atoms with Crippen LogP contribution in [0.4, 0.5) is 0 Å². The molecule has 0 aliphatic heterocycles. The molecule has 0 bridgehead atoms. The molecule has 2 aromatic carbocycles. The molecule has 1 N–H and O–H groups in total. The zero-order chi connectivity index (χ0) is 22.7. The number of benzene rings is 2. The lowest BCUT2D eigenvalue weighted by Gasteiger charge is -2.10. The number of fused-ring (bicyclic) bond motifs is 1. The van der Waals surface area contributed by atoms with Crippen LogP contribution < -0.4 is 19.5 Å². The summed E-state index contributed by atoms with van der Waals surface area (Å²) < 4.78 is 17.8. The number of aromatic nitrogens is 2. The fourth-order valence-electron chi connectivity index (χ4n) is 3.50. The van der Waals surface area contributed by atoms with E-state index < -0.39 is 0 Å². The number of aryl methyl sites for hydroxylation is 1. The lowest BCUT2D eigenvalue weighted by atomic mass is 10.1. The van der Waals surface area contributed by atoms with Crippen LogP contribution in [0, 0.1) is 6.92 Å². The second kappa shape index (κ2) is 9.32. The monoisotopic (exact) mass is 451 g/mol. The van der Waals surface area contributed by atoms with Crippen molar-refractivity contribution in [1.82, 2.24) is 14.7 Å². The molecule has 1 amide bonds. The van der Waals surface area contributed by atoms with E-state index in [9.17, 15) is 4.79 Å². The largest absolute Gasteiger partial charge is 0.497 e. The highest BCUT2D eigenvalue weighted by Crippen LogP contribution is 2.29. The Labute approximate surface area is 190 Å². The number of ether oxygens (including phenoxy) is 3. The average Bonchev–Trinajstić information content (AvgIpc) is 3.38. The normalized spacial score (nSPS) is 10.9. The van der Waals surface area contributed by atoms with Crippen molar-refractivity contribution in [1.29, 1.82) is 0 Å². The summed E-state index contributed by atoms with van der Waals surface area (Å²) in [6.45, 7) is 2.46. The summed E-state index contributed by atoms with van der Waals surface area (Å²) in [4.78, 5) is 18.9. The van der Waals surface area contributed by atoms with E-state index in [2.05, 4.69) is 5.32 Å². The molecule has 0 aliphatic carbocycles. The van der Waals surface area contributed by atoms with Gasteiger partial charge < -0.3 is 19.5 Å². The van der Waals surface area contributed by atoms with Gasteiger partial charge in [0.05, 0.1) is 27.0 Å². The first-order valence-electron chi connectivity index (χ1n) is 10.2. The zero-order valence-corrected chi connectivity index (χ0v) is 19.3. The molecule has 0 atom stereocenters. The number of imidazole rings is 1. The summed E-state index contributed by atoms with van der Waals surface area (Å²) in [7, 11) is 4.86. The van der Waals surface area contributed by atoms with Crippen molar-refractivity contribution in [3.05, 3.63) is 64.8 Å². The summed E-state index contributed by atoms with van der Waals surface area (Å²) in [5.74, 6) is 2.08. The van der Waals surface area contributed by atoms with Crippen LogP contribution >= 0.6 is 11.3 Å². The van der Waals surface area contributed by atoms with Gasteiger partial charge >= 0.3 is 0 Å². The van der Waals surface area contributed by atoms with E-state index in [-0.39, 0.29) is 5.91 Å². The molecule has 4 aromatic rings. The highest BCUT2D eigenvalue weighted by Gasteiger charge is 2.18. The molecule has 0 aliphatic rings. The van der Waals surface area contributed by atoms with E-state index in [1.165, 1.54) is 11.3 Å². The number of rotatable bonds is 8. The quantitative estimate of drug-likeness (QED) is 0.431. The smallest absolute Gasteiger partial charge is 0.263 e. The second-order valence-corrected chi connectivity index (χ2v) is 8.20. The van der Waals surface area contributed by atoms with Gasteiger partial charge in [0.1, 0.15) is 10.6 Å². The number of nitrogens with zero attached hydrogens (tertiary/aromatic N) is 2. The van der Waals surface area contributed by atoms with Gasteiger partial charge in [0, 0.05) is 24.0 Å². The molecule has 0 saturated carbocycles. The molecule has 8 heteroatoms. The minimum Gasteiger partial charge on any atom is -0.497 e. The number of nitrogens with one attached hydrogen (secondary N) is 1. The third kappa shape index (κ3) is 4.27. The van der Waals surface area contributed by atoms with Crippen molar-refractivity contribution in [2.24, 2.45) is 0 Å². The molecular weight excluding hydrogens is 426 g/mol. The van der Waals surface area contributed by atoms with Gasteiger partial charge in [-0.2, -0.15) is 0 Å². The minimum absolute atomic E-state index is 0.0931. The maximum Gasteiger partial charge on any atom is 0.263 e. The third-order valence-electron chi connectivity index (χ3n) is 5.30. The molecule has 0 radical (unpaired) electrons. The topological polar surface area (TPSA) is 74.1 Å². The molecule has 166 valence electrons. The Morgan fingerprint density at radius 1 is 1.03 bits per heavy atom. The molecule has 0 saturated heterocycles. The van der Waals surface area contributed by atoms with E-state index in [0.29, 0.717) is 29.3 Å². The van der Waals surface area contributed by atoms with E-state index in [1.807, 2.05) is 60.0 Å². The van der Waals surface area contributed by atoms with Crippen molar-refractivity contribution in [3.8, 4) is 28.5 Å². The van der Waals surface area contributed by atoms with E-state index in [4.69, 9.17) is 19.2 Å². The van der Waals surface area contributed by atoms with Crippen molar-refractivity contribution >= 4 is 22.2 Å². The fraction of sp³-hybridized carbons (Fsp3) is 0.250. The minimum atomic E-state index is -0.0931. The van der Waals surface area contributed by atoms with Crippen LogP contribution in [0.1, 0.15) is 20.9 Å². The highest BCUT2D eigenvalue weighted by atomic mass is 32.1. The number of thiazole rings is 1. The first-order valence-corrected chi connectivity index (χ1v) is 11.0. The Morgan fingerprint density at radius 3 is 2.44 bits per heavy atom. The van der Waals surface area contributed by atoms with E-state index in [0.717, 1.165) is 33.2 Å². The number of amides is 1. The maximum atomic E-state index is 12.8. The molecular formula is C24H25N3O4S. The Kier molecular flexibility index (Phi) is 6.32. The summed E-state index contributed by atoms with van der Waals surface area (Å²) in [5.41, 5.74) is 3.80. The van der Waals surface area contributed by atoms with Gasteiger partial charge in [0.2, 0.25) is 0 Å². The second-order valence-electron chi connectivity index (χ2n) is 7.22. The van der Waals surface area contributed by atoms with Crippen molar-refractivity contribution in [2.45, 2.75) is 13.3 Å². The van der Waals surface area contributed by atoms with Gasteiger partial charge in [0.15, 0.2) is 16.5 Å². The van der Waals surface area contributed by atoms with E-state index in [1.54, 1.807) is 21.3 Å². The Morgan fingerprint density at radius 2 is 1.78 bits per heavy atom. The van der Waals surface area contributed by atoms with Gasteiger partial charge in [0.25, 0.3) is 5.91 Å². The van der Waals surface area contributed by atoms with Crippen molar-refractivity contribution in [2.75, 3.05) is 27.9 Å². The highest BCUT2D eigenvalue weighted by molar-refractivity contribution is 7.19. The SMILES string of the molecule is COc1ccc(-c2cn3c(C)c(C(=O)NCCc4ccc(OC)c(OC)c4)sc3n2)cc1. The maximum absolute atomic E-state index is 12.8. The van der Waals surface area contributed by atoms with Gasteiger partial charge in [-0.15, -0.1) is 0 Å². The van der Waals surface area contributed by atoms with Gasteiger partial charge in [-0.1, -0.05) is 17.4 Å². The van der Waals surface area contributed by atoms with Crippen molar-refractivity contribution < 1.29 is 19.0 Å². The summed E-state index contributed by atoms with van der Waals surface area (Å²) in [6, 6.07) is 13.5. The molecule has 4 rings (SSSR count). The standard InChI is InChI=1S/C24H25N3O4S/c1-15-22(23(28)25-12-11-16-5-10-20(30-3)21(13-16)31-4)32-24-26-19(14-27(15)24)17-6-8-18(29-2)9-7-17/h5-10,13-14H,11-12H2,1-4H3,(H,25,28). The van der Waals surface area contributed by atoms with Crippen LogP contribution in [0.2, 0.25) is 0 Å². The summed E-state index contributed by atoms with van der Waals surface area (Å²) >= 11 is 1.39. The first-order chi connectivity index (χ1) is 15.5. The number of hydrogen-bond acceptors (Lipinski definition) is 6. The van der Waals surface area contributed by atoms with Crippen LogP contribution in [0.3, 0.4) is 0 Å². The molecule has 7 nitrogen and oxygen atoms in total. The van der Waals surface area contributed by atoms with Crippen LogP contribution in [0.15, 0.2) is 48.7 Å². The zero-order valence-electron chi connectivity index (χ0n) is 18.5. The first kappa shape index (κ1) is 21.7. The van der Waals surface area contributed by atoms with Gasteiger partial charge in [-0.05, 0) is 55.3 Å². The number of hydrogen-bond donors (Lipinski definition) is 1. The van der Waals surface area contributed by atoms with Crippen LogP contribution in [0.25, 0.3) is 16.2 Å². The van der Waals surface area contributed by atoms with E-state index >= 15 is 0 Å². The van der Waals surface area contributed by atoms with Crippen molar-refractivity contribution in [3.63, 3.8) is 0 Å². The predicted molar refractivity (Wildman–Crippen MR) is 125 cm³/mol. The van der Waals surface area contributed by atoms with Gasteiger partial charge in [-0.25, -0.2) is 4.98 Å². The van der Waals surface area contributed by atoms with Crippen LogP contribution in [-0.4, -0.2) is 43.2 Å². The molecule has 2 heterocycles. The third-order valence-corrected chi connectivity index (χ3v) is 6.45. The number of carbonyl (C=O) groups is 1. The number of methoxy groups -OCH3 is 3. The molecule has 0 fully saturated rings. The fourth-order valence-corrected chi connectivity index (χ4v) is 4.52. The predicted octanol–water partition coefficient (Wildman–Crippen LogP) is 4.37. The Hall–Kier alpha value is -3.52. The summed E-state index contributed by atoms with van der Waals surface area (Å²) in [5, 5.41) is 3.01. The van der Waals surface area contributed by atoms with Gasteiger partial charge in [-0.3, -0.25) is 9.20 Å². The lowest BCUT2D eigenvalue weighted by molar-refractivity contribution is 0.0957.